The van der Waals surface area contributed by atoms with Crippen molar-refractivity contribution in [3.05, 3.63) is 54.1 Å². The van der Waals surface area contributed by atoms with E-state index in [1.54, 1.807) is 12.1 Å². The number of anilines is 1. The number of ether oxygens (including phenoxy) is 1. The fraction of sp³-hybridized carbons (Fsp3) is 0.348. The molecule has 5 nitrogen and oxygen atoms in total. The summed E-state index contributed by atoms with van der Waals surface area (Å²) in [5.74, 6) is 0.684. The second kappa shape index (κ2) is 8.38. The summed E-state index contributed by atoms with van der Waals surface area (Å²) in [6.45, 7) is 4.49. The van der Waals surface area contributed by atoms with Crippen LogP contribution in [0.4, 0.5) is 5.82 Å². The molecule has 0 saturated carbocycles. The summed E-state index contributed by atoms with van der Waals surface area (Å²) in [5.41, 5.74) is 2.34. The highest BCUT2D eigenvalue weighted by Crippen LogP contribution is 2.32. The summed E-state index contributed by atoms with van der Waals surface area (Å²) in [6, 6.07) is 15.7. The van der Waals surface area contributed by atoms with Gasteiger partial charge in [-0.15, -0.1) is 10.2 Å². The van der Waals surface area contributed by atoms with Gasteiger partial charge in [0.15, 0.2) is 5.82 Å². The summed E-state index contributed by atoms with van der Waals surface area (Å²) in [6.07, 6.45) is 4.50. The van der Waals surface area contributed by atoms with E-state index < -0.39 is 0 Å². The van der Waals surface area contributed by atoms with E-state index in [0.29, 0.717) is 12.2 Å². The molecule has 0 unspecified atom stereocenters. The van der Waals surface area contributed by atoms with Crippen molar-refractivity contribution in [1.29, 1.82) is 0 Å². The van der Waals surface area contributed by atoms with Crippen LogP contribution in [0.3, 0.4) is 0 Å². The Balaban J connectivity index is 1.68. The monoisotopic (exact) mass is 375 g/mol. The Morgan fingerprint density at radius 1 is 0.964 bits per heavy atom. The number of piperidine rings is 1. The number of carbonyl (C=O) groups is 1. The minimum absolute atomic E-state index is 0.287. The Morgan fingerprint density at radius 3 is 2.39 bits per heavy atom. The lowest BCUT2D eigenvalue weighted by Gasteiger charge is -2.28. The van der Waals surface area contributed by atoms with Crippen LogP contribution >= 0.6 is 0 Å². The molecule has 0 N–H and O–H groups in total. The molecule has 1 aliphatic rings. The fourth-order valence-corrected chi connectivity index (χ4v) is 3.68. The molecule has 0 atom stereocenters. The van der Waals surface area contributed by atoms with Crippen molar-refractivity contribution in [2.45, 2.75) is 32.6 Å². The Labute approximate surface area is 165 Å². The highest BCUT2D eigenvalue weighted by atomic mass is 16.5. The molecule has 4 rings (SSSR count). The lowest BCUT2D eigenvalue weighted by atomic mass is 10.0. The lowest BCUT2D eigenvalue weighted by molar-refractivity contribution is 0.0505. The number of carbonyl (C=O) groups excluding carboxylic acids is 1. The zero-order chi connectivity index (χ0) is 19.3. The van der Waals surface area contributed by atoms with Crippen molar-refractivity contribution in [2.75, 3.05) is 24.6 Å². The van der Waals surface area contributed by atoms with Crippen LogP contribution in [0, 0.1) is 0 Å². The van der Waals surface area contributed by atoms with Crippen molar-refractivity contribution in [3.63, 3.8) is 0 Å². The van der Waals surface area contributed by atoms with Crippen LogP contribution in [0.5, 0.6) is 0 Å². The molecule has 0 amide bonds. The summed E-state index contributed by atoms with van der Waals surface area (Å²) in [7, 11) is 0. The maximum Gasteiger partial charge on any atom is 0.338 e. The van der Waals surface area contributed by atoms with Crippen LogP contribution in [-0.2, 0) is 4.74 Å². The van der Waals surface area contributed by atoms with E-state index in [9.17, 15) is 4.79 Å². The SMILES string of the molecule is CCCOC(=O)c1ccc(-c2nnc(N3CCCCC3)c3ccccc23)cc1. The molecule has 0 spiro atoms. The molecule has 1 aliphatic heterocycles. The van der Waals surface area contributed by atoms with Crippen LogP contribution in [0.1, 0.15) is 43.0 Å². The van der Waals surface area contributed by atoms with Gasteiger partial charge >= 0.3 is 5.97 Å². The highest BCUT2D eigenvalue weighted by Gasteiger charge is 2.18. The molecule has 2 heterocycles. The first-order valence-corrected chi connectivity index (χ1v) is 10.1. The van der Waals surface area contributed by atoms with E-state index >= 15 is 0 Å². The largest absolute Gasteiger partial charge is 0.462 e. The molecule has 3 aromatic rings. The van der Waals surface area contributed by atoms with Gasteiger partial charge < -0.3 is 9.64 Å². The minimum Gasteiger partial charge on any atom is -0.462 e. The number of benzene rings is 2. The molecule has 1 fully saturated rings. The van der Waals surface area contributed by atoms with E-state index in [2.05, 4.69) is 27.2 Å². The number of rotatable bonds is 5. The zero-order valence-corrected chi connectivity index (χ0v) is 16.2. The Kier molecular flexibility index (Phi) is 5.51. The normalized spacial score (nSPS) is 14.2. The predicted molar refractivity (Wildman–Crippen MR) is 112 cm³/mol. The van der Waals surface area contributed by atoms with Crippen LogP contribution in [0.2, 0.25) is 0 Å². The molecule has 144 valence electrons. The number of fused-ring (bicyclic) bond motifs is 1. The van der Waals surface area contributed by atoms with Crippen molar-refractivity contribution >= 4 is 22.6 Å². The Bertz CT molecular complexity index is 963. The maximum absolute atomic E-state index is 12.0. The molecule has 28 heavy (non-hydrogen) atoms. The first kappa shape index (κ1) is 18.4. The molecule has 0 radical (unpaired) electrons. The lowest BCUT2D eigenvalue weighted by Crippen LogP contribution is -2.30. The second-order valence-corrected chi connectivity index (χ2v) is 7.18. The zero-order valence-electron chi connectivity index (χ0n) is 16.2. The van der Waals surface area contributed by atoms with Gasteiger partial charge in [-0.2, -0.15) is 0 Å². The molecule has 0 aliphatic carbocycles. The smallest absolute Gasteiger partial charge is 0.338 e. The summed E-state index contributed by atoms with van der Waals surface area (Å²) in [4.78, 5) is 14.4. The topological polar surface area (TPSA) is 55.3 Å². The van der Waals surface area contributed by atoms with Gasteiger partial charge in [-0.05, 0) is 37.8 Å². The van der Waals surface area contributed by atoms with E-state index in [0.717, 1.165) is 47.4 Å². The van der Waals surface area contributed by atoms with Gasteiger partial charge in [0.25, 0.3) is 0 Å². The molecule has 1 aromatic heterocycles. The van der Waals surface area contributed by atoms with Gasteiger partial charge in [0, 0.05) is 29.4 Å². The number of aromatic nitrogens is 2. The predicted octanol–water partition coefficient (Wildman–Crippen LogP) is 4.85. The van der Waals surface area contributed by atoms with Gasteiger partial charge in [0.2, 0.25) is 0 Å². The fourth-order valence-electron chi connectivity index (χ4n) is 3.68. The Morgan fingerprint density at radius 2 is 1.68 bits per heavy atom. The van der Waals surface area contributed by atoms with Gasteiger partial charge in [0.1, 0.15) is 5.69 Å². The van der Waals surface area contributed by atoms with Gasteiger partial charge in [-0.3, -0.25) is 0 Å². The third kappa shape index (κ3) is 3.70. The minimum atomic E-state index is -0.287. The number of hydrogen-bond donors (Lipinski definition) is 0. The van der Waals surface area contributed by atoms with E-state index in [1.807, 2.05) is 31.2 Å². The quantitative estimate of drug-likeness (QED) is 0.597. The van der Waals surface area contributed by atoms with Crippen molar-refractivity contribution in [2.24, 2.45) is 0 Å². The van der Waals surface area contributed by atoms with Gasteiger partial charge in [-0.25, -0.2) is 4.79 Å². The van der Waals surface area contributed by atoms with E-state index in [-0.39, 0.29) is 5.97 Å². The van der Waals surface area contributed by atoms with Gasteiger partial charge in [0.05, 0.1) is 12.2 Å². The van der Waals surface area contributed by atoms with Crippen molar-refractivity contribution in [3.8, 4) is 11.3 Å². The van der Waals surface area contributed by atoms with Crippen LogP contribution in [-0.4, -0.2) is 35.9 Å². The number of esters is 1. The van der Waals surface area contributed by atoms with E-state index in [4.69, 9.17) is 4.74 Å². The van der Waals surface area contributed by atoms with Crippen LogP contribution in [0.15, 0.2) is 48.5 Å². The Hall–Kier alpha value is -2.95. The van der Waals surface area contributed by atoms with Crippen molar-refractivity contribution in [1.82, 2.24) is 10.2 Å². The molecule has 1 saturated heterocycles. The molecular formula is C23H25N3O2. The third-order valence-corrected chi connectivity index (χ3v) is 5.15. The van der Waals surface area contributed by atoms with Crippen LogP contribution < -0.4 is 4.90 Å². The first-order chi connectivity index (χ1) is 13.8. The molecular weight excluding hydrogens is 350 g/mol. The molecule has 0 bridgehead atoms. The van der Waals surface area contributed by atoms with Gasteiger partial charge in [-0.1, -0.05) is 43.3 Å². The average molecular weight is 375 g/mol. The molecule has 5 heteroatoms. The average Bonchev–Trinajstić information content (AvgIpc) is 2.77. The number of hydrogen-bond acceptors (Lipinski definition) is 5. The molecule has 2 aromatic carbocycles. The van der Waals surface area contributed by atoms with Crippen molar-refractivity contribution < 1.29 is 9.53 Å². The third-order valence-electron chi connectivity index (χ3n) is 5.15. The highest BCUT2D eigenvalue weighted by molar-refractivity contribution is 6.00. The number of nitrogens with zero attached hydrogens (tertiary/aromatic N) is 3. The van der Waals surface area contributed by atoms with E-state index in [1.165, 1.54) is 19.3 Å². The van der Waals surface area contributed by atoms with Crippen LogP contribution in [0.25, 0.3) is 22.0 Å². The second-order valence-electron chi connectivity index (χ2n) is 7.18. The summed E-state index contributed by atoms with van der Waals surface area (Å²) in [5, 5.41) is 11.4. The maximum atomic E-state index is 12.0. The first-order valence-electron chi connectivity index (χ1n) is 10.1. The summed E-state index contributed by atoms with van der Waals surface area (Å²) >= 11 is 0. The summed E-state index contributed by atoms with van der Waals surface area (Å²) < 4.78 is 5.20. The standard InChI is InChI=1S/C23H25N3O2/c1-2-16-28-23(27)18-12-10-17(11-13-18)21-19-8-4-5-9-20(19)22(25-24-21)26-14-6-3-7-15-26/h4-5,8-13H,2-3,6-7,14-16H2,1H3.